The van der Waals surface area contributed by atoms with Crippen LogP contribution in [-0.2, 0) is 14.6 Å². The second-order valence-corrected chi connectivity index (χ2v) is 9.06. The molecule has 1 heterocycles. The van der Waals surface area contributed by atoms with Gasteiger partial charge in [0.2, 0.25) is 5.91 Å². The van der Waals surface area contributed by atoms with E-state index in [1.807, 2.05) is 6.07 Å². The van der Waals surface area contributed by atoms with Crippen molar-refractivity contribution in [3.8, 4) is 0 Å². The van der Waals surface area contributed by atoms with Gasteiger partial charge in [-0.3, -0.25) is 4.79 Å². The number of hydrogen-bond acceptors (Lipinski definition) is 3. The molecule has 4 nitrogen and oxygen atoms in total. The summed E-state index contributed by atoms with van der Waals surface area (Å²) in [6, 6.07) is 13.0. The lowest BCUT2D eigenvalue weighted by molar-refractivity contribution is -0.125. The molecule has 0 spiro atoms. The van der Waals surface area contributed by atoms with Crippen molar-refractivity contribution in [2.75, 3.05) is 18.8 Å². The van der Waals surface area contributed by atoms with Gasteiger partial charge in [0.15, 0.2) is 9.84 Å². The second-order valence-electron chi connectivity index (χ2n) is 6.35. The van der Waals surface area contributed by atoms with Gasteiger partial charge in [0.25, 0.3) is 0 Å². The maximum absolute atomic E-state index is 14.1. The van der Waals surface area contributed by atoms with Gasteiger partial charge in [-0.15, -0.1) is 0 Å². The average molecular weight is 408 g/mol. The molecule has 0 bridgehead atoms. The molecular formula is C20H19ClFNO3S. The number of amides is 1. The van der Waals surface area contributed by atoms with Crippen LogP contribution in [0.4, 0.5) is 4.39 Å². The Bertz CT molecular complexity index is 975. The van der Waals surface area contributed by atoms with Crippen LogP contribution in [-0.4, -0.2) is 38.1 Å². The zero-order valence-corrected chi connectivity index (χ0v) is 16.1. The zero-order chi connectivity index (χ0) is 19.4. The number of rotatable bonds is 3. The molecule has 1 aliphatic heterocycles. The quantitative estimate of drug-likeness (QED) is 0.725. The minimum absolute atomic E-state index is 0.0823. The van der Waals surface area contributed by atoms with E-state index in [1.165, 1.54) is 29.2 Å². The van der Waals surface area contributed by atoms with Crippen molar-refractivity contribution in [3.63, 3.8) is 0 Å². The van der Waals surface area contributed by atoms with Crippen molar-refractivity contribution in [2.24, 2.45) is 0 Å². The van der Waals surface area contributed by atoms with Crippen LogP contribution in [0.15, 0.2) is 54.6 Å². The molecule has 3 rings (SSSR count). The summed E-state index contributed by atoms with van der Waals surface area (Å²) in [6.45, 7) is 0.322. The van der Waals surface area contributed by atoms with Crippen LogP contribution in [0, 0.1) is 5.82 Å². The molecule has 0 aliphatic carbocycles. The summed E-state index contributed by atoms with van der Waals surface area (Å²) in [5, 5.41) is -0.413. The topological polar surface area (TPSA) is 54.5 Å². The first kappa shape index (κ1) is 19.6. The van der Waals surface area contributed by atoms with Gasteiger partial charge in [0.1, 0.15) is 5.82 Å². The molecule has 27 heavy (non-hydrogen) atoms. The number of halogens is 2. The predicted octanol–water partition coefficient (Wildman–Crippen LogP) is 3.88. The van der Waals surface area contributed by atoms with Gasteiger partial charge >= 0.3 is 0 Å². The van der Waals surface area contributed by atoms with Crippen LogP contribution in [0.2, 0.25) is 5.02 Å². The fourth-order valence-electron chi connectivity index (χ4n) is 3.13. The first-order valence-electron chi connectivity index (χ1n) is 8.56. The predicted molar refractivity (Wildman–Crippen MR) is 105 cm³/mol. The highest BCUT2D eigenvalue weighted by Gasteiger charge is 2.33. The Hall–Kier alpha value is -2.18. The average Bonchev–Trinajstić information content (AvgIpc) is 2.79. The molecule has 142 valence electrons. The van der Waals surface area contributed by atoms with Crippen LogP contribution in [0.25, 0.3) is 6.08 Å². The van der Waals surface area contributed by atoms with Crippen molar-refractivity contribution in [3.05, 3.63) is 76.6 Å². The molecule has 1 saturated heterocycles. The van der Waals surface area contributed by atoms with Crippen molar-refractivity contribution in [1.82, 2.24) is 4.90 Å². The third-order valence-electron chi connectivity index (χ3n) is 4.61. The summed E-state index contributed by atoms with van der Waals surface area (Å²) in [6.07, 6.45) is 3.16. The third kappa shape index (κ3) is 4.57. The number of hydrogen-bond donors (Lipinski definition) is 0. The van der Waals surface area contributed by atoms with E-state index < -0.39 is 20.9 Å². The van der Waals surface area contributed by atoms with Gasteiger partial charge in [-0.1, -0.05) is 48.0 Å². The fourth-order valence-corrected chi connectivity index (χ4v) is 5.13. The highest BCUT2D eigenvalue weighted by molar-refractivity contribution is 7.91. The normalized spacial score (nSPS) is 19.8. The van der Waals surface area contributed by atoms with Gasteiger partial charge in [0, 0.05) is 29.8 Å². The largest absolute Gasteiger partial charge is 0.338 e. The summed E-state index contributed by atoms with van der Waals surface area (Å²) >= 11 is 6.07. The monoisotopic (exact) mass is 407 g/mol. The van der Waals surface area contributed by atoms with Crippen LogP contribution < -0.4 is 0 Å². The minimum atomic E-state index is -3.55. The summed E-state index contributed by atoms with van der Waals surface area (Å²) in [5.41, 5.74) is 0.873. The number of carbonyl (C=O) groups excluding carboxylic acids is 1. The van der Waals surface area contributed by atoms with E-state index in [9.17, 15) is 17.6 Å². The first-order valence-corrected chi connectivity index (χ1v) is 10.7. The van der Waals surface area contributed by atoms with Crippen LogP contribution in [0.3, 0.4) is 0 Å². The molecule has 7 heteroatoms. The molecule has 0 aromatic heterocycles. The lowest BCUT2D eigenvalue weighted by Crippen LogP contribution is -2.32. The highest BCUT2D eigenvalue weighted by Crippen LogP contribution is 2.31. The fraction of sp³-hybridized carbons (Fsp3) is 0.250. The molecule has 1 atom stereocenters. The van der Waals surface area contributed by atoms with E-state index in [4.69, 9.17) is 11.6 Å². The van der Waals surface area contributed by atoms with Crippen molar-refractivity contribution >= 4 is 33.4 Å². The molecule has 0 N–H and O–H groups in total. The van der Waals surface area contributed by atoms with E-state index in [2.05, 4.69) is 0 Å². The summed E-state index contributed by atoms with van der Waals surface area (Å²) < 4.78 is 39.3. The summed E-state index contributed by atoms with van der Waals surface area (Å²) in [7, 11) is -3.55. The summed E-state index contributed by atoms with van der Waals surface area (Å²) in [5.74, 6) is -1.03. The van der Waals surface area contributed by atoms with E-state index in [0.717, 1.165) is 0 Å². The number of benzene rings is 2. The SMILES string of the molecule is O=C(/C=C/c1ccccc1Cl)N1CCC(c2ccccc2F)S(=O)(=O)CC1. The molecule has 0 radical (unpaired) electrons. The number of carbonyl (C=O) groups is 1. The first-order chi connectivity index (χ1) is 12.9. The smallest absolute Gasteiger partial charge is 0.246 e. The lowest BCUT2D eigenvalue weighted by Gasteiger charge is -2.18. The van der Waals surface area contributed by atoms with Crippen LogP contribution >= 0.6 is 11.6 Å². The van der Waals surface area contributed by atoms with Crippen LogP contribution in [0.5, 0.6) is 0 Å². The molecule has 1 unspecified atom stereocenters. The number of sulfone groups is 1. The Morgan fingerprint density at radius 2 is 1.81 bits per heavy atom. The number of nitrogens with zero attached hydrogens (tertiary/aromatic N) is 1. The maximum atomic E-state index is 14.1. The summed E-state index contributed by atoms with van der Waals surface area (Å²) in [4.78, 5) is 14.0. The third-order valence-corrected chi connectivity index (χ3v) is 7.07. The molecule has 2 aromatic carbocycles. The van der Waals surface area contributed by atoms with Crippen molar-refractivity contribution in [2.45, 2.75) is 11.7 Å². The van der Waals surface area contributed by atoms with E-state index in [1.54, 1.807) is 30.3 Å². The van der Waals surface area contributed by atoms with Gasteiger partial charge in [0.05, 0.1) is 11.0 Å². The van der Waals surface area contributed by atoms with Gasteiger partial charge in [-0.2, -0.15) is 0 Å². The molecule has 1 aliphatic rings. The Balaban J connectivity index is 1.76. The molecule has 1 amide bonds. The van der Waals surface area contributed by atoms with Gasteiger partial charge < -0.3 is 4.90 Å². The second kappa shape index (κ2) is 8.23. The van der Waals surface area contributed by atoms with E-state index in [0.29, 0.717) is 10.6 Å². The van der Waals surface area contributed by atoms with Gasteiger partial charge in [-0.25, -0.2) is 12.8 Å². The lowest BCUT2D eigenvalue weighted by atomic mass is 10.1. The maximum Gasteiger partial charge on any atom is 0.246 e. The standard InChI is InChI=1S/C20H19ClFNO3S/c21-17-7-3-1-5-15(17)9-10-20(24)23-12-11-19(27(25,26)14-13-23)16-6-2-4-8-18(16)22/h1-10,19H,11-14H2/b10-9+. The van der Waals surface area contributed by atoms with E-state index in [-0.39, 0.29) is 36.7 Å². The Morgan fingerprint density at radius 1 is 1.11 bits per heavy atom. The highest BCUT2D eigenvalue weighted by atomic mass is 35.5. The molecule has 0 saturated carbocycles. The zero-order valence-electron chi connectivity index (χ0n) is 14.5. The van der Waals surface area contributed by atoms with Gasteiger partial charge in [-0.05, 0) is 30.2 Å². The molecule has 1 fully saturated rings. The molecular weight excluding hydrogens is 389 g/mol. The minimum Gasteiger partial charge on any atom is -0.338 e. The van der Waals surface area contributed by atoms with Crippen molar-refractivity contribution < 1.29 is 17.6 Å². The van der Waals surface area contributed by atoms with E-state index >= 15 is 0 Å². The van der Waals surface area contributed by atoms with Crippen LogP contribution in [0.1, 0.15) is 22.8 Å². The van der Waals surface area contributed by atoms with Crippen molar-refractivity contribution in [1.29, 1.82) is 0 Å². The Labute approximate surface area is 163 Å². The Kier molecular flexibility index (Phi) is 5.97. The Morgan fingerprint density at radius 3 is 2.56 bits per heavy atom. The molecule has 2 aromatic rings.